The number of fused-ring (bicyclic) bond motifs is 1. The van der Waals surface area contributed by atoms with Crippen LogP contribution in [0.1, 0.15) is 96.1 Å². The fourth-order valence-electron chi connectivity index (χ4n) is 6.34. The van der Waals surface area contributed by atoms with E-state index in [0.717, 1.165) is 79.8 Å². The molecule has 3 amide bonds. The third-order valence-electron chi connectivity index (χ3n) is 9.20. The lowest BCUT2D eigenvalue weighted by Gasteiger charge is -2.25. The summed E-state index contributed by atoms with van der Waals surface area (Å²) in [4.78, 5) is 53.5. The van der Waals surface area contributed by atoms with Crippen molar-refractivity contribution in [1.82, 2.24) is 20.9 Å². The van der Waals surface area contributed by atoms with Crippen molar-refractivity contribution in [3.8, 4) is 5.75 Å². The largest absolute Gasteiger partial charge is 0.527 e. The van der Waals surface area contributed by atoms with Crippen LogP contribution in [0.3, 0.4) is 0 Å². The monoisotopic (exact) mass is 824 g/mol. The summed E-state index contributed by atoms with van der Waals surface area (Å²) in [6.45, 7) is 5.88. The van der Waals surface area contributed by atoms with Gasteiger partial charge in [0.05, 0.1) is 11.6 Å². The number of rotatable bonds is 24. The third-order valence-corrected chi connectivity index (χ3v) is 10.4. The maximum absolute atomic E-state index is 13.8. The Morgan fingerprint density at radius 1 is 0.754 bits per heavy atom. The Balaban J connectivity index is 1.18. The van der Waals surface area contributed by atoms with E-state index in [4.69, 9.17) is 25.4 Å². The van der Waals surface area contributed by atoms with Gasteiger partial charge in [-0.1, -0.05) is 124 Å². The molecule has 0 aliphatic carbocycles. The first kappa shape index (κ1) is 45.4. The van der Waals surface area contributed by atoms with E-state index in [1.165, 1.54) is 6.07 Å². The standard InChI is InChI=1S/C43H58ClN4O8P/c1-43(2,3)55-42(51)48-37(29-32-21-13-12-14-22-32)41(50)47-38(30-33-31-46-36-25-17-15-23-34(33)36)40(49)45-27-19-10-8-6-4-5-7-9-11-20-28-54-57(52,53)56-39-26-18-16-24-35(39)44/h12-18,21-26,31,37-38,46H,4-11,19-20,27-30H2,1-3H3,(H,45,49)(H,47,50)(H,48,51)(H,52,53)/t37-,38+/m0/s1. The van der Waals surface area contributed by atoms with Crippen molar-refractivity contribution in [2.24, 2.45) is 0 Å². The van der Waals surface area contributed by atoms with Crippen molar-refractivity contribution in [1.29, 1.82) is 0 Å². The first-order valence-electron chi connectivity index (χ1n) is 19.9. The topological polar surface area (TPSA) is 168 Å². The molecular weight excluding hydrogens is 767 g/mol. The fourth-order valence-corrected chi connectivity index (χ4v) is 7.38. The Kier molecular flexibility index (Phi) is 18.4. The van der Waals surface area contributed by atoms with Gasteiger partial charge in [0.1, 0.15) is 23.4 Å². The van der Waals surface area contributed by atoms with Gasteiger partial charge in [-0.05, 0) is 62.9 Å². The van der Waals surface area contributed by atoms with Crippen LogP contribution < -0.4 is 20.5 Å². The van der Waals surface area contributed by atoms with E-state index in [1.807, 2.05) is 60.8 Å². The second-order valence-corrected chi connectivity index (χ2v) is 16.9. The number of hydrogen-bond acceptors (Lipinski definition) is 7. The minimum Gasteiger partial charge on any atom is -0.444 e. The molecule has 14 heteroatoms. The molecule has 0 radical (unpaired) electrons. The number of carbonyl (C=O) groups is 3. The van der Waals surface area contributed by atoms with Gasteiger partial charge in [-0.2, -0.15) is 0 Å². The van der Waals surface area contributed by atoms with E-state index in [0.29, 0.717) is 13.0 Å². The average molecular weight is 825 g/mol. The van der Waals surface area contributed by atoms with Gasteiger partial charge in [0, 0.05) is 36.5 Å². The number of unbranched alkanes of at least 4 members (excludes halogenated alkanes) is 9. The predicted molar refractivity (Wildman–Crippen MR) is 224 cm³/mol. The Bertz CT molecular complexity index is 1900. The third kappa shape index (κ3) is 17.0. The lowest BCUT2D eigenvalue weighted by Crippen LogP contribution is -2.55. The van der Waals surface area contributed by atoms with Crippen LogP contribution in [0.5, 0.6) is 5.75 Å². The molecule has 0 spiro atoms. The van der Waals surface area contributed by atoms with Crippen LogP contribution in [0.25, 0.3) is 10.9 Å². The maximum Gasteiger partial charge on any atom is 0.527 e. The molecule has 0 saturated heterocycles. The predicted octanol–water partition coefficient (Wildman–Crippen LogP) is 9.20. The van der Waals surface area contributed by atoms with Crippen molar-refractivity contribution >= 4 is 48.2 Å². The quantitative estimate of drug-likeness (QED) is 0.0344. The number of benzene rings is 3. The molecule has 0 bridgehead atoms. The molecule has 1 aromatic heterocycles. The summed E-state index contributed by atoms with van der Waals surface area (Å²) >= 11 is 5.98. The number of H-pyrrole nitrogens is 1. The molecule has 5 N–H and O–H groups in total. The lowest BCUT2D eigenvalue weighted by atomic mass is 10.0. The van der Waals surface area contributed by atoms with E-state index in [1.54, 1.807) is 39.0 Å². The Morgan fingerprint density at radius 2 is 1.35 bits per heavy atom. The number of halogens is 1. The minimum atomic E-state index is -4.23. The van der Waals surface area contributed by atoms with Crippen LogP contribution in [0.4, 0.5) is 4.79 Å². The average Bonchev–Trinajstić information content (AvgIpc) is 3.57. The number of para-hydroxylation sites is 2. The van der Waals surface area contributed by atoms with E-state index >= 15 is 0 Å². The van der Waals surface area contributed by atoms with Gasteiger partial charge in [-0.15, -0.1) is 0 Å². The normalized spacial score (nSPS) is 13.6. The number of phosphoric ester groups is 1. The molecule has 0 fully saturated rings. The highest BCUT2D eigenvalue weighted by Crippen LogP contribution is 2.45. The summed E-state index contributed by atoms with van der Waals surface area (Å²) in [6, 6.07) is 21.8. The molecule has 0 aliphatic heterocycles. The fraction of sp³-hybridized carbons (Fsp3) is 0.465. The molecule has 4 rings (SSSR count). The number of ether oxygens (including phenoxy) is 1. The zero-order chi connectivity index (χ0) is 41.1. The highest BCUT2D eigenvalue weighted by Gasteiger charge is 2.29. The summed E-state index contributed by atoms with van der Waals surface area (Å²) in [5, 5.41) is 9.92. The van der Waals surface area contributed by atoms with Crippen LogP contribution in [0.15, 0.2) is 85.1 Å². The number of aromatic amines is 1. The van der Waals surface area contributed by atoms with Gasteiger partial charge in [0.25, 0.3) is 0 Å². The van der Waals surface area contributed by atoms with Crippen molar-refractivity contribution < 1.29 is 37.6 Å². The number of phosphoric acid groups is 1. The molecule has 12 nitrogen and oxygen atoms in total. The molecule has 4 aromatic rings. The SMILES string of the molecule is CC(C)(C)OC(=O)N[C@@H](Cc1ccccc1)C(=O)N[C@H](Cc1c[nH]c2ccccc12)C(=O)NCCCCCCCCCCCCOP(=O)(O)Oc1ccccc1Cl. The van der Waals surface area contributed by atoms with Crippen LogP contribution in [0.2, 0.25) is 5.02 Å². The second kappa shape index (κ2) is 23.2. The maximum atomic E-state index is 13.8. The summed E-state index contributed by atoms with van der Waals surface area (Å²) in [7, 11) is -4.23. The van der Waals surface area contributed by atoms with Gasteiger partial charge in [-0.25, -0.2) is 9.36 Å². The summed E-state index contributed by atoms with van der Waals surface area (Å²) in [6.07, 6.45) is 11.4. The minimum absolute atomic E-state index is 0.113. The number of aromatic nitrogens is 1. The van der Waals surface area contributed by atoms with Gasteiger partial charge >= 0.3 is 13.9 Å². The molecule has 3 aromatic carbocycles. The first-order chi connectivity index (χ1) is 27.3. The summed E-state index contributed by atoms with van der Waals surface area (Å²) < 4.78 is 27.8. The number of nitrogens with one attached hydrogen (secondary N) is 4. The Hall–Kier alpha value is -4.35. The van der Waals surface area contributed by atoms with Crippen LogP contribution in [-0.2, 0) is 36.3 Å². The van der Waals surface area contributed by atoms with Gasteiger partial charge in [0.2, 0.25) is 11.8 Å². The van der Waals surface area contributed by atoms with Gasteiger partial charge in [0.15, 0.2) is 0 Å². The van der Waals surface area contributed by atoms with E-state index in [9.17, 15) is 23.8 Å². The van der Waals surface area contributed by atoms with Gasteiger partial charge in [-0.3, -0.25) is 19.0 Å². The molecule has 310 valence electrons. The second-order valence-electron chi connectivity index (χ2n) is 15.2. The van der Waals surface area contributed by atoms with Crippen molar-refractivity contribution in [2.75, 3.05) is 13.2 Å². The number of alkyl carbamates (subject to hydrolysis) is 1. The molecule has 0 saturated carbocycles. The van der Waals surface area contributed by atoms with Crippen molar-refractivity contribution in [3.63, 3.8) is 0 Å². The molecule has 57 heavy (non-hydrogen) atoms. The van der Waals surface area contributed by atoms with Crippen LogP contribution >= 0.6 is 19.4 Å². The first-order valence-corrected chi connectivity index (χ1v) is 21.7. The summed E-state index contributed by atoms with van der Waals surface area (Å²) in [5.41, 5.74) is 1.94. The van der Waals surface area contributed by atoms with E-state index < -0.39 is 37.5 Å². The lowest BCUT2D eigenvalue weighted by molar-refractivity contribution is -0.130. The van der Waals surface area contributed by atoms with E-state index in [2.05, 4.69) is 20.9 Å². The van der Waals surface area contributed by atoms with Crippen LogP contribution in [0, 0.1) is 0 Å². The molecule has 3 atom stereocenters. The molecular formula is C43H58ClN4O8P. The van der Waals surface area contributed by atoms with Gasteiger partial charge < -0.3 is 30.2 Å². The Morgan fingerprint density at radius 3 is 2.04 bits per heavy atom. The molecule has 0 aliphatic rings. The van der Waals surface area contributed by atoms with Crippen molar-refractivity contribution in [2.45, 2.75) is 116 Å². The smallest absolute Gasteiger partial charge is 0.444 e. The molecule has 1 heterocycles. The number of hydrogen-bond donors (Lipinski definition) is 5. The van der Waals surface area contributed by atoms with Crippen LogP contribution in [-0.4, -0.2) is 58.6 Å². The number of carbonyl (C=O) groups excluding carboxylic acids is 3. The highest BCUT2D eigenvalue weighted by atomic mass is 35.5. The summed E-state index contributed by atoms with van der Waals surface area (Å²) in [5.74, 6) is -0.653. The van der Waals surface area contributed by atoms with Crippen molar-refractivity contribution in [3.05, 3.63) is 101 Å². The zero-order valence-corrected chi connectivity index (χ0v) is 34.9. The number of amides is 3. The molecule has 1 unspecified atom stereocenters. The zero-order valence-electron chi connectivity index (χ0n) is 33.3. The highest BCUT2D eigenvalue weighted by molar-refractivity contribution is 7.47. The Labute approximate surface area is 341 Å². The van der Waals surface area contributed by atoms with E-state index in [-0.39, 0.29) is 36.1 Å².